The largest absolute Gasteiger partial charge is 0.361 e. The maximum absolute atomic E-state index is 13.7. The highest BCUT2D eigenvalue weighted by atomic mass is 16.2. The number of aromatic amines is 1. The number of hydrogen-bond donors (Lipinski definition) is 2. The van der Waals surface area contributed by atoms with Gasteiger partial charge < -0.3 is 20.1 Å². The first-order valence-corrected chi connectivity index (χ1v) is 22.8. The fourth-order valence-electron chi connectivity index (χ4n) is 10.7. The highest BCUT2D eigenvalue weighted by Crippen LogP contribution is 2.47. The monoisotopic (exact) mass is 837 g/mol. The highest BCUT2D eigenvalue weighted by Gasteiger charge is 2.46. The number of piperazine rings is 1. The molecule has 1 spiro atoms. The lowest BCUT2D eigenvalue weighted by atomic mass is 9.72. The van der Waals surface area contributed by atoms with E-state index in [-0.39, 0.29) is 41.0 Å². The quantitative estimate of drug-likeness (QED) is 0.125. The number of likely N-dealkylation sites (tertiary alicyclic amines) is 2. The Labute approximate surface area is 362 Å². The number of imide groups is 2. The van der Waals surface area contributed by atoms with Gasteiger partial charge in [0.1, 0.15) is 0 Å². The lowest BCUT2D eigenvalue weighted by Gasteiger charge is -2.47. The zero-order valence-electron chi connectivity index (χ0n) is 36.8. The number of aromatic nitrogens is 3. The summed E-state index contributed by atoms with van der Waals surface area (Å²) in [5.41, 5.74) is 3.85. The van der Waals surface area contributed by atoms with Crippen LogP contribution in [0.4, 0.5) is 10.7 Å². The molecule has 5 aliphatic rings. The maximum Gasteiger partial charge on any atom is 0.324 e. The lowest BCUT2D eigenvalue weighted by Crippen LogP contribution is -2.55. The van der Waals surface area contributed by atoms with E-state index in [9.17, 15) is 19.2 Å². The number of H-pyrrole nitrogens is 1. The van der Waals surface area contributed by atoms with Gasteiger partial charge in [0.25, 0.3) is 0 Å². The molecule has 2 aliphatic carbocycles. The van der Waals surface area contributed by atoms with Gasteiger partial charge >= 0.3 is 6.03 Å². The lowest BCUT2D eigenvalue weighted by molar-refractivity contribution is -0.153. The Bertz CT molecular complexity index is 1950. The van der Waals surface area contributed by atoms with Crippen LogP contribution in [0.5, 0.6) is 0 Å². The smallest absolute Gasteiger partial charge is 0.324 e. The molecule has 8 rings (SSSR count). The number of urea groups is 1. The van der Waals surface area contributed by atoms with Gasteiger partial charge in [-0.1, -0.05) is 31.1 Å². The van der Waals surface area contributed by atoms with E-state index in [1.807, 2.05) is 33.2 Å². The molecule has 1 saturated carbocycles. The number of hydrogen-bond acceptors (Lipinski definition) is 10. The maximum atomic E-state index is 13.7. The molecule has 3 saturated heterocycles. The number of anilines is 1. The molecule has 1 aromatic carbocycles. The minimum atomic E-state index is -0.280. The second-order valence-electron chi connectivity index (χ2n) is 18.2. The summed E-state index contributed by atoms with van der Waals surface area (Å²) in [6.07, 6.45) is 17.7. The van der Waals surface area contributed by atoms with Crippen molar-refractivity contribution in [2.45, 2.75) is 89.5 Å². The third kappa shape index (κ3) is 10.5. The molecule has 3 atom stereocenters. The van der Waals surface area contributed by atoms with Crippen LogP contribution in [0.2, 0.25) is 0 Å². The molecule has 2 N–H and O–H groups in total. The zero-order valence-corrected chi connectivity index (χ0v) is 36.8. The molecule has 61 heavy (non-hydrogen) atoms. The summed E-state index contributed by atoms with van der Waals surface area (Å²) in [7, 11) is 4.01. The van der Waals surface area contributed by atoms with Gasteiger partial charge in [-0.05, 0) is 108 Å². The third-order valence-corrected chi connectivity index (χ3v) is 13.7. The Morgan fingerprint density at radius 1 is 0.967 bits per heavy atom. The van der Waals surface area contributed by atoms with Crippen molar-refractivity contribution in [2.75, 3.05) is 91.0 Å². The highest BCUT2D eigenvalue weighted by molar-refractivity contribution is 5.98. The standard InChI is InChI=1S/C26H37N5O2.C21H31N5O2/c1-5-11-30-17-19(25(32)31(26(33)27-6-2)13-8-12-29(3)4)14-21-20-9-7-10-22-24(20)18(16-28-22)15-23(21)30;27-18-16-21(6-1-2-7-21)17-19(28)26(18)11-4-3-10-24-12-14-25(15-13-24)20-22-8-5-9-23-20/h5,7,9-10,16,19,21,23,28H,1,6,8,11-15,17H2,2-4H3,(H,27,33);5,8-9H,1-4,6-7,10-17H2/t19-,21-,23-;/m1./s1. The van der Waals surface area contributed by atoms with Crippen molar-refractivity contribution in [1.82, 2.24) is 44.8 Å². The molecule has 0 bridgehead atoms. The predicted octanol–water partition coefficient (Wildman–Crippen LogP) is 5.28. The van der Waals surface area contributed by atoms with Gasteiger partial charge in [-0.15, -0.1) is 6.58 Å². The number of fused-ring (bicyclic) bond motifs is 2. The van der Waals surface area contributed by atoms with Crippen molar-refractivity contribution >= 4 is 40.6 Å². The van der Waals surface area contributed by atoms with Crippen LogP contribution >= 0.6 is 0 Å². The van der Waals surface area contributed by atoms with Crippen molar-refractivity contribution < 1.29 is 19.2 Å². The van der Waals surface area contributed by atoms with E-state index in [0.717, 1.165) is 102 Å². The van der Waals surface area contributed by atoms with E-state index in [1.54, 1.807) is 12.4 Å². The molecule has 2 aromatic heterocycles. The van der Waals surface area contributed by atoms with Crippen LogP contribution < -0.4 is 10.2 Å². The number of piperidine rings is 2. The Balaban J connectivity index is 0.000000186. The second kappa shape index (κ2) is 20.5. The van der Waals surface area contributed by atoms with E-state index < -0.39 is 0 Å². The van der Waals surface area contributed by atoms with E-state index in [1.165, 1.54) is 39.2 Å². The topological polar surface area (TPSA) is 141 Å². The number of amides is 5. The molecule has 14 nitrogen and oxygen atoms in total. The van der Waals surface area contributed by atoms with Crippen LogP contribution in [-0.2, 0) is 20.8 Å². The number of rotatable bonds is 14. The summed E-state index contributed by atoms with van der Waals surface area (Å²) in [5.74, 6) is 0.925. The molecule has 5 heterocycles. The van der Waals surface area contributed by atoms with Crippen molar-refractivity contribution in [3.63, 3.8) is 0 Å². The number of benzene rings is 1. The van der Waals surface area contributed by atoms with E-state index in [0.29, 0.717) is 45.1 Å². The number of nitrogens with zero attached hydrogens (tertiary/aromatic N) is 8. The zero-order chi connectivity index (χ0) is 42.9. The summed E-state index contributed by atoms with van der Waals surface area (Å²) < 4.78 is 0. The molecule has 5 amide bonds. The van der Waals surface area contributed by atoms with Crippen LogP contribution in [0.15, 0.2) is 55.5 Å². The molecule has 4 fully saturated rings. The molecular weight excluding hydrogens is 769 g/mol. The Morgan fingerprint density at radius 2 is 1.69 bits per heavy atom. The van der Waals surface area contributed by atoms with Crippen molar-refractivity contribution in [2.24, 2.45) is 11.3 Å². The third-order valence-electron chi connectivity index (χ3n) is 13.7. The summed E-state index contributed by atoms with van der Waals surface area (Å²) in [5, 5.41) is 4.16. The van der Waals surface area contributed by atoms with Crippen LogP contribution in [0.1, 0.15) is 88.2 Å². The first-order chi connectivity index (χ1) is 29.6. The minimum absolute atomic E-state index is 0.00676. The van der Waals surface area contributed by atoms with Crippen LogP contribution in [0.25, 0.3) is 10.9 Å². The van der Waals surface area contributed by atoms with Crippen molar-refractivity contribution in [1.29, 1.82) is 0 Å². The van der Waals surface area contributed by atoms with Gasteiger partial charge in [-0.25, -0.2) is 14.8 Å². The van der Waals surface area contributed by atoms with E-state index in [2.05, 4.69) is 70.8 Å². The Morgan fingerprint density at radius 3 is 2.38 bits per heavy atom. The fourth-order valence-corrected chi connectivity index (χ4v) is 10.7. The molecule has 14 heteroatoms. The minimum Gasteiger partial charge on any atom is -0.361 e. The van der Waals surface area contributed by atoms with Crippen LogP contribution in [-0.4, -0.2) is 155 Å². The summed E-state index contributed by atoms with van der Waals surface area (Å²) in [6, 6.07) is 8.34. The van der Waals surface area contributed by atoms with Gasteiger partial charge in [0.15, 0.2) is 0 Å². The van der Waals surface area contributed by atoms with Gasteiger partial charge in [0.2, 0.25) is 23.7 Å². The number of carbonyl (C=O) groups excluding carboxylic acids is 4. The molecular formula is C47H68N10O4. The van der Waals surface area contributed by atoms with E-state index >= 15 is 0 Å². The predicted molar refractivity (Wildman–Crippen MR) is 239 cm³/mol. The molecule has 3 aliphatic heterocycles. The van der Waals surface area contributed by atoms with Gasteiger partial charge in [0.05, 0.1) is 5.92 Å². The SMILES string of the molecule is C=CCN1C[C@H](C(=O)N(CCCN(C)C)C(=O)NCC)C[C@@H]2c3cccc4[nH]cc(c34)C[C@H]21.O=C1CC2(CCCC2)CC(=O)N1CCCCN1CCN(c2ncccn2)CC1. The van der Waals surface area contributed by atoms with Gasteiger partial charge in [0, 0.05) is 113 Å². The molecule has 0 unspecified atom stereocenters. The number of nitrogens with one attached hydrogen (secondary N) is 2. The Hall–Kier alpha value is -4.66. The molecule has 3 aromatic rings. The molecule has 0 radical (unpaired) electrons. The second-order valence-corrected chi connectivity index (χ2v) is 18.2. The van der Waals surface area contributed by atoms with Crippen molar-refractivity contribution in [3.05, 3.63) is 66.6 Å². The van der Waals surface area contributed by atoms with E-state index in [4.69, 9.17) is 0 Å². The molecule has 330 valence electrons. The number of carbonyl (C=O) groups is 4. The van der Waals surface area contributed by atoms with Gasteiger partial charge in [-0.3, -0.25) is 34.0 Å². The first-order valence-electron chi connectivity index (χ1n) is 22.8. The fraction of sp³-hybridized carbons (Fsp3) is 0.617. The Kier molecular flexibility index (Phi) is 14.9. The van der Waals surface area contributed by atoms with Crippen LogP contribution in [0.3, 0.4) is 0 Å². The normalized spacial score (nSPS) is 22.6. The van der Waals surface area contributed by atoms with Gasteiger partial charge in [-0.2, -0.15) is 0 Å². The summed E-state index contributed by atoms with van der Waals surface area (Å²) in [6.45, 7) is 14.5. The average molecular weight is 837 g/mol. The van der Waals surface area contributed by atoms with Crippen LogP contribution in [0, 0.1) is 11.3 Å². The average Bonchev–Trinajstić information content (AvgIpc) is 3.90. The summed E-state index contributed by atoms with van der Waals surface area (Å²) >= 11 is 0. The number of unbranched alkanes of at least 4 members (excludes halogenated alkanes) is 1. The van der Waals surface area contributed by atoms with Crippen molar-refractivity contribution in [3.8, 4) is 0 Å². The first kappa shape index (κ1) is 44.4. The summed E-state index contributed by atoms with van der Waals surface area (Å²) in [4.78, 5) is 75.8.